The molecular weight excluding hydrogens is 230 g/mol. The molecular formula is C10H14ClN3O2. The lowest BCUT2D eigenvalue weighted by molar-refractivity contribution is 0.528. The first-order chi connectivity index (χ1) is 7.66. The normalized spacial score (nSPS) is 20.2. The van der Waals surface area contributed by atoms with Crippen LogP contribution in [-0.4, -0.2) is 23.1 Å². The molecule has 2 heterocycles. The quantitative estimate of drug-likeness (QED) is 0.713. The van der Waals surface area contributed by atoms with Crippen LogP contribution < -0.4 is 16.6 Å². The van der Waals surface area contributed by atoms with Crippen molar-refractivity contribution in [2.75, 3.05) is 13.1 Å². The van der Waals surface area contributed by atoms with E-state index in [0.29, 0.717) is 18.0 Å². The lowest BCUT2D eigenvalue weighted by Gasteiger charge is -2.08. The van der Waals surface area contributed by atoms with Gasteiger partial charge in [0.25, 0.3) is 5.56 Å². The Morgan fingerprint density at radius 1 is 1.31 bits per heavy atom. The Morgan fingerprint density at radius 3 is 2.81 bits per heavy atom. The first kappa shape index (κ1) is 11.4. The molecule has 16 heavy (non-hydrogen) atoms. The van der Waals surface area contributed by atoms with Gasteiger partial charge in [0, 0.05) is 5.69 Å². The summed E-state index contributed by atoms with van der Waals surface area (Å²) in [5, 5.41) is 3.38. The van der Waals surface area contributed by atoms with Crippen LogP contribution in [0.15, 0.2) is 9.59 Å². The number of hydrogen-bond donors (Lipinski definition) is 3. The van der Waals surface area contributed by atoms with Crippen LogP contribution >= 0.6 is 11.6 Å². The molecule has 1 aliphatic rings. The molecule has 0 radical (unpaired) electrons. The van der Waals surface area contributed by atoms with Gasteiger partial charge in [-0.15, -0.1) is 0 Å². The molecule has 3 N–H and O–H groups in total. The standard InChI is InChI=1S/C10H14ClN3O2/c11-8-7(13-10(16)14-9(8)15)2-1-6-3-4-12-5-6/h6,12H,1-5H2,(H2,13,14,15,16). The second kappa shape index (κ2) is 4.84. The Bertz CT molecular complexity index is 474. The zero-order chi connectivity index (χ0) is 11.5. The van der Waals surface area contributed by atoms with E-state index in [9.17, 15) is 9.59 Å². The summed E-state index contributed by atoms with van der Waals surface area (Å²) >= 11 is 5.82. The van der Waals surface area contributed by atoms with Gasteiger partial charge in [0.2, 0.25) is 0 Å². The van der Waals surface area contributed by atoms with Gasteiger partial charge in [-0.2, -0.15) is 0 Å². The number of hydrogen-bond acceptors (Lipinski definition) is 3. The van der Waals surface area contributed by atoms with Gasteiger partial charge in [0.05, 0.1) is 0 Å². The van der Waals surface area contributed by atoms with Crippen LogP contribution in [0.2, 0.25) is 5.02 Å². The third kappa shape index (κ3) is 2.54. The number of aromatic amines is 2. The molecule has 1 fully saturated rings. The molecule has 5 nitrogen and oxygen atoms in total. The van der Waals surface area contributed by atoms with Crippen molar-refractivity contribution in [3.05, 3.63) is 31.6 Å². The topological polar surface area (TPSA) is 77.8 Å². The first-order valence-corrected chi connectivity index (χ1v) is 5.76. The zero-order valence-corrected chi connectivity index (χ0v) is 9.56. The molecule has 1 aromatic rings. The highest BCUT2D eigenvalue weighted by atomic mass is 35.5. The Kier molecular flexibility index (Phi) is 3.46. The molecule has 0 amide bonds. The predicted octanol–water partition coefficient (Wildman–Crippen LogP) is 0.259. The number of aromatic nitrogens is 2. The maximum absolute atomic E-state index is 11.2. The highest BCUT2D eigenvalue weighted by molar-refractivity contribution is 6.30. The van der Waals surface area contributed by atoms with Gasteiger partial charge in [0.15, 0.2) is 0 Å². The van der Waals surface area contributed by atoms with Crippen molar-refractivity contribution in [1.29, 1.82) is 0 Å². The monoisotopic (exact) mass is 243 g/mol. The summed E-state index contributed by atoms with van der Waals surface area (Å²) in [5.74, 6) is 0.610. The number of H-pyrrole nitrogens is 2. The summed E-state index contributed by atoms with van der Waals surface area (Å²) in [6, 6.07) is 0. The van der Waals surface area contributed by atoms with E-state index in [1.165, 1.54) is 0 Å². The summed E-state index contributed by atoms with van der Waals surface area (Å²) in [4.78, 5) is 27.0. The fourth-order valence-electron chi connectivity index (χ4n) is 2.00. The Hall–Kier alpha value is -1.07. The van der Waals surface area contributed by atoms with Crippen molar-refractivity contribution in [3.63, 3.8) is 0 Å². The highest BCUT2D eigenvalue weighted by Gasteiger charge is 2.15. The molecule has 0 spiro atoms. The summed E-state index contributed by atoms with van der Waals surface area (Å²) in [6.45, 7) is 2.05. The van der Waals surface area contributed by atoms with Crippen LogP contribution in [0.25, 0.3) is 0 Å². The average Bonchev–Trinajstić information content (AvgIpc) is 2.74. The molecule has 1 saturated heterocycles. The Balaban J connectivity index is 2.08. The van der Waals surface area contributed by atoms with Crippen molar-refractivity contribution < 1.29 is 0 Å². The number of aryl methyl sites for hydroxylation is 1. The third-order valence-electron chi connectivity index (χ3n) is 2.92. The molecule has 1 unspecified atom stereocenters. The SMILES string of the molecule is O=c1[nH]c(CCC2CCNC2)c(Cl)c(=O)[nH]1. The van der Waals surface area contributed by atoms with Gasteiger partial charge < -0.3 is 10.3 Å². The Morgan fingerprint density at radius 2 is 2.12 bits per heavy atom. The van der Waals surface area contributed by atoms with Crippen LogP contribution in [0.5, 0.6) is 0 Å². The van der Waals surface area contributed by atoms with E-state index in [1.54, 1.807) is 0 Å². The van der Waals surface area contributed by atoms with Crippen molar-refractivity contribution in [2.24, 2.45) is 5.92 Å². The highest BCUT2D eigenvalue weighted by Crippen LogP contribution is 2.16. The lowest BCUT2D eigenvalue weighted by atomic mass is 10.0. The fraction of sp³-hybridized carbons (Fsp3) is 0.600. The molecule has 1 aromatic heterocycles. The average molecular weight is 244 g/mol. The lowest BCUT2D eigenvalue weighted by Crippen LogP contribution is -2.25. The largest absolute Gasteiger partial charge is 0.325 e. The molecule has 1 atom stereocenters. The maximum Gasteiger partial charge on any atom is 0.325 e. The van der Waals surface area contributed by atoms with E-state index in [1.807, 2.05) is 0 Å². The van der Waals surface area contributed by atoms with Gasteiger partial charge in [-0.3, -0.25) is 9.78 Å². The number of nitrogens with one attached hydrogen (secondary N) is 3. The van der Waals surface area contributed by atoms with Gasteiger partial charge in [-0.05, 0) is 38.3 Å². The van der Waals surface area contributed by atoms with Crippen molar-refractivity contribution in [2.45, 2.75) is 19.3 Å². The van der Waals surface area contributed by atoms with Crippen LogP contribution in [0, 0.1) is 5.92 Å². The molecule has 0 saturated carbocycles. The molecule has 1 aliphatic heterocycles. The summed E-state index contributed by atoms with van der Waals surface area (Å²) in [5.41, 5.74) is -0.457. The number of rotatable bonds is 3. The first-order valence-electron chi connectivity index (χ1n) is 5.38. The van der Waals surface area contributed by atoms with E-state index in [0.717, 1.165) is 25.9 Å². The minimum absolute atomic E-state index is 0.102. The van der Waals surface area contributed by atoms with Crippen LogP contribution in [-0.2, 0) is 6.42 Å². The predicted molar refractivity (Wildman–Crippen MR) is 62.0 cm³/mol. The van der Waals surface area contributed by atoms with Crippen molar-refractivity contribution >= 4 is 11.6 Å². The van der Waals surface area contributed by atoms with Gasteiger partial charge >= 0.3 is 5.69 Å². The van der Waals surface area contributed by atoms with Crippen molar-refractivity contribution in [1.82, 2.24) is 15.3 Å². The second-order valence-corrected chi connectivity index (χ2v) is 4.48. The number of halogens is 1. The van der Waals surface area contributed by atoms with Crippen LogP contribution in [0.3, 0.4) is 0 Å². The third-order valence-corrected chi connectivity index (χ3v) is 3.32. The van der Waals surface area contributed by atoms with E-state index in [2.05, 4.69) is 15.3 Å². The van der Waals surface area contributed by atoms with E-state index in [4.69, 9.17) is 11.6 Å². The maximum atomic E-state index is 11.2. The zero-order valence-electron chi connectivity index (χ0n) is 8.81. The summed E-state index contributed by atoms with van der Waals surface area (Å²) < 4.78 is 0. The Labute approximate surface area is 97.2 Å². The molecule has 88 valence electrons. The van der Waals surface area contributed by atoms with E-state index in [-0.39, 0.29) is 5.02 Å². The molecule has 0 aliphatic carbocycles. The van der Waals surface area contributed by atoms with Gasteiger partial charge in [0.1, 0.15) is 5.02 Å². The van der Waals surface area contributed by atoms with E-state index >= 15 is 0 Å². The van der Waals surface area contributed by atoms with Crippen molar-refractivity contribution in [3.8, 4) is 0 Å². The van der Waals surface area contributed by atoms with Crippen LogP contribution in [0.4, 0.5) is 0 Å². The van der Waals surface area contributed by atoms with E-state index < -0.39 is 11.2 Å². The summed E-state index contributed by atoms with van der Waals surface area (Å²) in [7, 11) is 0. The molecule has 0 aromatic carbocycles. The smallest absolute Gasteiger partial charge is 0.316 e. The molecule has 6 heteroatoms. The minimum atomic E-state index is -0.509. The van der Waals surface area contributed by atoms with Gasteiger partial charge in [-0.25, -0.2) is 4.79 Å². The second-order valence-electron chi connectivity index (χ2n) is 4.10. The van der Waals surface area contributed by atoms with Crippen LogP contribution in [0.1, 0.15) is 18.5 Å². The van der Waals surface area contributed by atoms with Gasteiger partial charge in [-0.1, -0.05) is 11.6 Å². The molecule has 2 rings (SSSR count). The molecule has 0 bridgehead atoms. The fourth-order valence-corrected chi connectivity index (χ4v) is 2.19. The summed E-state index contributed by atoms with van der Waals surface area (Å²) in [6.07, 6.45) is 2.72. The minimum Gasteiger partial charge on any atom is -0.316 e.